The van der Waals surface area contributed by atoms with Crippen LogP contribution in [0, 0.1) is 0 Å². The summed E-state index contributed by atoms with van der Waals surface area (Å²) in [5.74, 6) is -0.0451. The normalized spacial score (nSPS) is 17.3. The second-order valence-electron chi connectivity index (χ2n) is 16.3. The van der Waals surface area contributed by atoms with Gasteiger partial charge in [0, 0.05) is 58.1 Å². The van der Waals surface area contributed by atoms with Gasteiger partial charge in [-0.1, -0.05) is 0 Å². The highest BCUT2D eigenvalue weighted by atomic mass is 16.5. The van der Waals surface area contributed by atoms with Crippen LogP contribution in [0.15, 0.2) is 34.3 Å². The number of ether oxygens (including phenoxy) is 4. The van der Waals surface area contributed by atoms with Crippen molar-refractivity contribution in [2.45, 2.75) is 108 Å². The van der Waals surface area contributed by atoms with Crippen LogP contribution in [0.2, 0.25) is 0 Å². The number of nitrogens with one attached hydrogen (secondary N) is 2. The summed E-state index contributed by atoms with van der Waals surface area (Å²) in [5.41, 5.74) is 18.4. The van der Waals surface area contributed by atoms with E-state index in [1.807, 2.05) is 38.0 Å². The molecular formula is C45H69N9O8. The van der Waals surface area contributed by atoms with Crippen molar-refractivity contribution in [3.63, 3.8) is 0 Å². The van der Waals surface area contributed by atoms with Gasteiger partial charge in [0.2, 0.25) is 0 Å². The first kappa shape index (κ1) is 49.2. The maximum Gasteiger partial charge on any atom is 0.280 e. The SMILES string of the molecule is COc1cc(OC)c(C(=O)NC2CCC(NC(=O)c3cc(C(N)=O)c(OCCCCCN)cc3OCCCCCN)CC2)cc1C(=O)N=C1CCC(N=C(N(C)C)N(C)C)CC1. The Balaban J connectivity index is 1.41. The molecule has 0 unspecified atom stereocenters. The Morgan fingerprint density at radius 1 is 0.629 bits per heavy atom. The summed E-state index contributed by atoms with van der Waals surface area (Å²) in [4.78, 5) is 67.1. The van der Waals surface area contributed by atoms with Crippen molar-refractivity contribution < 1.29 is 38.1 Å². The molecule has 8 N–H and O–H groups in total. The topological polar surface area (TPSA) is 239 Å². The second kappa shape index (κ2) is 24.9. The highest BCUT2D eigenvalue weighted by Gasteiger charge is 2.29. The van der Waals surface area contributed by atoms with E-state index in [0.29, 0.717) is 70.6 Å². The first-order valence-corrected chi connectivity index (χ1v) is 21.8. The molecule has 62 heavy (non-hydrogen) atoms. The predicted octanol–water partition coefficient (Wildman–Crippen LogP) is 4.29. The number of amides is 4. The third-order valence-electron chi connectivity index (χ3n) is 11.1. The molecule has 0 bridgehead atoms. The van der Waals surface area contributed by atoms with E-state index < -0.39 is 23.6 Å². The summed E-state index contributed by atoms with van der Waals surface area (Å²) in [6, 6.07) is 5.76. The Hall–Kier alpha value is -5.42. The van der Waals surface area contributed by atoms with Crippen LogP contribution in [0.4, 0.5) is 0 Å². The molecule has 4 amide bonds. The molecule has 2 aliphatic carbocycles. The lowest BCUT2D eigenvalue weighted by atomic mass is 9.90. The smallest absolute Gasteiger partial charge is 0.280 e. The lowest BCUT2D eigenvalue weighted by Gasteiger charge is -2.30. The number of guanidine groups is 1. The molecule has 0 heterocycles. The molecular weight excluding hydrogens is 795 g/mol. The van der Waals surface area contributed by atoms with Crippen molar-refractivity contribution >= 4 is 35.3 Å². The molecule has 342 valence electrons. The first-order chi connectivity index (χ1) is 29.8. The Bertz CT molecular complexity index is 1870. The number of carbonyl (C=O) groups excluding carboxylic acids is 4. The molecule has 0 spiro atoms. The number of primary amides is 1. The highest BCUT2D eigenvalue weighted by molar-refractivity contribution is 6.08. The summed E-state index contributed by atoms with van der Waals surface area (Å²) in [6.07, 6.45) is 10.1. The average Bonchev–Trinajstić information content (AvgIpc) is 3.25. The molecule has 0 saturated heterocycles. The van der Waals surface area contributed by atoms with E-state index in [-0.39, 0.29) is 57.6 Å². The fraction of sp³-hybridized carbons (Fsp3) is 0.600. The van der Waals surface area contributed by atoms with Gasteiger partial charge >= 0.3 is 0 Å². The lowest BCUT2D eigenvalue weighted by Crippen LogP contribution is -2.44. The van der Waals surface area contributed by atoms with Crippen molar-refractivity contribution in [3.8, 4) is 23.0 Å². The van der Waals surface area contributed by atoms with Crippen LogP contribution >= 0.6 is 0 Å². The number of nitrogens with zero attached hydrogens (tertiary/aromatic N) is 4. The molecule has 0 radical (unpaired) electrons. The van der Waals surface area contributed by atoms with Gasteiger partial charge in [-0.05, 0) is 115 Å². The Labute approximate surface area is 366 Å². The number of hydrogen-bond donors (Lipinski definition) is 5. The third-order valence-corrected chi connectivity index (χ3v) is 11.1. The van der Waals surface area contributed by atoms with Crippen LogP contribution in [0.5, 0.6) is 23.0 Å². The molecule has 2 aliphatic rings. The standard InChI is InChI=1S/C45H69N9O8/c1-53(2)45(54(3)4)52-32-19-17-31(18-20-32)50-43(57)35-26-34(37(59-5)27-38(35)60-6)42(56)49-29-13-15-30(16-14-29)51-44(58)36-25-33(41(48)55)39(61-23-11-7-9-21-46)28-40(36)62-24-12-8-10-22-47/h25-30,32H,7-24,46-47H2,1-6H3,(H2,48,55)(H,49,56)(H,51,58). The zero-order chi connectivity index (χ0) is 45.2. The van der Waals surface area contributed by atoms with Gasteiger partial charge in [0.05, 0.1) is 55.7 Å². The molecule has 4 rings (SSSR count). The van der Waals surface area contributed by atoms with Gasteiger partial charge in [0.1, 0.15) is 23.0 Å². The van der Waals surface area contributed by atoms with E-state index in [1.54, 1.807) is 6.07 Å². The van der Waals surface area contributed by atoms with Crippen LogP contribution in [0.1, 0.15) is 131 Å². The van der Waals surface area contributed by atoms with E-state index >= 15 is 0 Å². The Kier molecular flexibility index (Phi) is 19.8. The molecule has 17 nitrogen and oxygen atoms in total. The van der Waals surface area contributed by atoms with E-state index in [1.165, 1.54) is 32.4 Å². The molecule has 2 aromatic rings. The van der Waals surface area contributed by atoms with Crippen LogP contribution in [-0.2, 0) is 0 Å². The number of nitrogens with two attached hydrogens (primary N) is 3. The van der Waals surface area contributed by atoms with Crippen LogP contribution in [0.3, 0.4) is 0 Å². The molecule has 17 heteroatoms. The van der Waals surface area contributed by atoms with Crippen molar-refractivity contribution in [2.24, 2.45) is 27.2 Å². The maximum absolute atomic E-state index is 13.8. The number of benzene rings is 2. The largest absolute Gasteiger partial charge is 0.496 e. The number of rotatable bonds is 21. The predicted molar refractivity (Wildman–Crippen MR) is 241 cm³/mol. The number of methoxy groups -OCH3 is 2. The van der Waals surface area contributed by atoms with Crippen LogP contribution in [0.25, 0.3) is 0 Å². The number of carbonyl (C=O) groups is 4. The fourth-order valence-corrected chi connectivity index (χ4v) is 7.71. The van der Waals surface area contributed by atoms with E-state index in [2.05, 4.69) is 15.6 Å². The van der Waals surface area contributed by atoms with Crippen molar-refractivity contribution in [1.82, 2.24) is 20.4 Å². The molecule has 2 fully saturated rings. The summed E-state index contributed by atoms with van der Waals surface area (Å²) in [6.45, 7) is 1.88. The third kappa shape index (κ3) is 14.3. The molecule has 0 aliphatic heterocycles. The summed E-state index contributed by atoms with van der Waals surface area (Å²) in [7, 11) is 10.8. The number of aliphatic imine (C=N–C) groups is 2. The highest BCUT2D eigenvalue weighted by Crippen LogP contribution is 2.33. The van der Waals surface area contributed by atoms with Gasteiger partial charge in [-0.25, -0.2) is 9.98 Å². The van der Waals surface area contributed by atoms with Gasteiger partial charge in [-0.3, -0.25) is 19.2 Å². The molecule has 0 aromatic heterocycles. The summed E-state index contributed by atoms with van der Waals surface area (Å²) >= 11 is 0. The fourth-order valence-electron chi connectivity index (χ4n) is 7.71. The van der Waals surface area contributed by atoms with Gasteiger partial charge in [0.25, 0.3) is 23.6 Å². The molecule has 2 aromatic carbocycles. The van der Waals surface area contributed by atoms with E-state index in [4.69, 9.17) is 41.1 Å². The van der Waals surface area contributed by atoms with Gasteiger partial charge in [0.15, 0.2) is 5.96 Å². The maximum atomic E-state index is 13.8. The zero-order valence-electron chi connectivity index (χ0n) is 37.6. The van der Waals surface area contributed by atoms with Crippen LogP contribution in [-0.4, -0.2) is 132 Å². The quantitative estimate of drug-likeness (QED) is 0.0671. The van der Waals surface area contributed by atoms with Gasteiger partial charge < -0.3 is 56.6 Å². The Morgan fingerprint density at radius 2 is 1.08 bits per heavy atom. The van der Waals surface area contributed by atoms with Gasteiger partial charge in [-0.15, -0.1) is 0 Å². The first-order valence-electron chi connectivity index (χ1n) is 21.8. The van der Waals surface area contributed by atoms with Crippen LogP contribution < -0.4 is 46.8 Å². The Morgan fingerprint density at radius 3 is 1.55 bits per heavy atom. The lowest BCUT2D eigenvalue weighted by molar-refractivity contribution is 0.0887. The molecule has 2 saturated carbocycles. The summed E-state index contributed by atoms with van der Waals surface area (Å²) < 4.78 is 23.1. The summed E-state index contributed by atoms with van der Waals surface area (Å²) in [5, 5.41) is 6.20. The van der Waals surface area contributed by atoms with Crippen molar-refractivity contribution in [3.05, 3.63) is 46.5 Å². The van der Waals surface area contributed by atoms with Crippen molar-refractivity contribution in [1.29, 1.82) is 0 Å². The molecule has 0 atom stereocenters. The van der Waals surface area contributed by atoms with E-state index in [9.17, 15) is 19.2 Å². The van der Waals surface area contributed by atoms with Gasteiger partial charge in [-0.2, -0.15) is 0 Å². The second-order valence-corrected chi connectivity index (χ2v) is 16.3. The zero-order valence-corrected chi connectivity index (χ0v) is 37.6. The number of unbranched alkanes of at least 4 members (excludes halogenated alkanes) is 4. The minimum absolute atomic E-state index is 0.0921. The minimum Gasteiger partial charge on any atom is -0.496 e. The minimum atomic E-state index is -0.719. The van der Waals surface area contributed by atoms with E-state index in [0.717, 1.165) is 63.0 Å². The number of hydrogen-bond acceptors (Lipinski definition) is 11. The monoisotopic (exact) mass is 864 g/mol. The average molecular weight is 864 g/mol. The van der Waals surface area contributed by atoms with Crippen molar-refractivity contribution in [2.75, 3.05) is 68.7 Å².